The van der Waals surface area contributed by atoms with Crippen molar-refractivity contribution in [1.82, 2.24) is 9.97 Å². The monoisotopic (exact) mass is 333 g/mol. The number of sulfonamides is 1. The van der Waals surface area contributed by atoms with Gasteiger partial charge in [-0.2, -0.15) is 0 Å². The van der Waals surface area contributed by atoms with Crippen molar-refractivity contribution in [2.75, 3.05) is 4.72 Å². The van der Waals surface area contributed by atoms with Gasteiger partial charge in [-0.25, -0.2) is 13.4 Å². The first-order chi connectivity index (χ1) is 10.6. The molecule has 0 bridgehead atoms. The van der Waals surface area contributed by atoms with Crippen LogP contribution in [0.3, 0.4) is 0 Å². The molecule has 7 heteroatoms. The fraction of sp³-hybridized carbons (Fsp3) is 0. The van der Waals surface area contributed by atoms with Gasteiger partial charge in [0.25, 0.3) is 10.0 Å². The highest BCUT2D eigenvalue weighted by Crippen LogP contribution is 2.24. The van der Waals surface area contributed by atoms with E-state index < -0.39 is 10.0 Å². The van der Waals surface area contributed by atoms with E-state index in [2.05, 4.69) is 14.7 Å². The van der Waals surface area contributed by atoms with Gasteiger partial charge in [-0.1, -0.05) is 35.9 Å². The highest BCUT2D eigenvalue weighted by molar-refractivity contribution is 7.92. The third-order valence-electron chi connectivity index (χ3n) is 3.07. The van der Waals surface area contributed by atoms with E-state index in [9.17, 15) is 8.42 Å². The van der Waals surface area contributed by atoms with E-state index in [0.29, 0.717) is 5.69 Å². The van der Waals surface area contributed by atoms with E-state index in [-0.39, 0.29) is 9.92 Å². The fourth-order valence-corrected chi connectivity index (χ4v) is 3.58. The van der Waals surface area contributed by atoms with Crippen molar-refractivity contribution in [2.24, 2.45) is 0 Å². The molecule has 0 spiro atoms. The molecule has 0 saturated carbocycles. The molecule has 0 atom stereocenters. The second kappa shape index (κ2) is 5.82. The Labute approximate surface area is 133 Å². The zero-order valence-corrected chi connectivity index (χ0v) is 12.9. The van der Waals surface area contributed by atoms with Gasteiger partial charge in [0.2, 0.25) is 0 Å². The second-order valence-corrected chi connectivity index (χ2v) is 6.64. The molecule has 3 rings (SSSR count). The average molecular weight is 334 g/mol. The van der Waals surface area contributed by atoms with Crippen molar-refractivity contribution in [1.29, 1.82) is 0 Å². The van der Waals surface area contributed by atoms with Crippen LogP contribution in [0.2, 0.25) is 5.02 Å². The largest absolute Gasteiger partial charge is 0.345 e. The Morgan fingerprint density at radius 1 is 1.05 bits per heavy atom. The lowest BCUT2D eigenvalue weighted by atomic mass is 10.1. The summed E-state index contributed by atoms with van der Waals surface area (Å²) in [5.41, 5.74) is 2.24. The molecule has 0 saturated heterocycles. The molecule has 0 fully saturated rings. The minimum absolute atomic E-state index is 0.0503. The summed E-state index contributed by atoms with van der Waals surface area (Å²) in [6.45, 7) is 0. The number of aromatic amines is 1. The SMILES string of the molecule is O=S(=O)(Nc1ccc(-c2cnc[nH]2)cc1)c1ccccc1Cl. The van der Waals surface area contributed by atoms with Gasteiger partial charge < -0.3 is 4.98 Å². The lowest BCUT2D eigenvalue weighted by Crippen LogP contribution is -2.13. The molecule has 5 nitrogen and oxygen atoms in total. The topological polar surface area (TPSA) is 74.8 Å². The Balaban J connectivity index is 1.86. The predicted molar refractivity (Wildman–Crippen MR) is 86.3 cm³/mol. The van der Waals surface area contributed by atoms with Crippen LogP contribution < -0.4 is 4.72 Å². The molecular weight excluding hydrogens is 322 g/mol. The van der Waals surface area contributed by atoms with Crippen LogP contribution in [0.4, 0.5) is 5.69 Å². The molecule has 2 aromatic carbocycles. The molecule has 0 radical (unpaired) electrons. The fourth-order valence-electron chi connectivity index (χ4n) is 2.00. The normalized spacial score (nSPS) is 11.3. The minimum atomic E-state index is -3.71. The summed E-state index contributed by atoms with van der Waals surface area (Å²) in [7, 11) is -3.71. The summed E-state index contributed by atoms with van der Waals surface area (Å²) in [5, 5.41) is 0.184. The van der Waals surface area contributed by atoms with Crippen LogP contribution in [-0.4, -0.2) is 18.4 Å². The van der Waals surface area contributed by atoms with Gasteiger partial charge in [-0.3, -0.25) is 4.72 Å². The van der Waals surface area contributed by atoms with E-state index in [1.807, 2.05) is 0 Å². The number of aromatic nitrogens is 2. The van der Waals surface area contributed by atoms with Crippen molar-refractivity contribution < 1.29 is 8.42 Å². The molecule has 0 aliphatic carbocycles. The highest BCUT2D eigenvalue weighted by atomic mass is 35.5. The van der Waals surface area contributed by atoms with Crippen LogP contribution in [0.1, 0.15) is 0 Å². The Bertz CT molecular complexity index is 875. The van der Waals surface area contributed by atoms with Crippen molar-refractivity contribution in [3.63, 3.8) is 0 Å². The molecule has 0 unspecified atom stereocenters. The van der Waals surface area contributed by atoms with E-state index in [0.717, 1.165) is 11.3 Å². The third kappa shape index (κ3) is 2.98. The average Bonchev–Trinajstić information content (AvgIpc) is 3.02. The maximum absolute atomic E-state index is 12.3. The Morgan fingerprint density at radius 2 is 1.77 bits per heavy atom. The highest BCUT2D eigenvalue weighted by Gasteiger charge is 2.17. The number of halogens is 1. The number of rotatable bonds is 4. The molecule has 0 aliphatic heterocycles. The number of benzene rings is 2. The smallest absolute Gasteiger partial charge is 0.263 e. The van der Waals surface area contributed by atoms with Crippen LogP contribution in [-0.2, 0) is 10.0 Å². The lowest BCUT2D eigenvalue weighted by molar-refractivity contribution is 0.601. The van der Waals surface area contributed by atoms with E-state index in [1.165, 1.54) is 12.1 Å². The number of hydrogen-bond donors (Lipinski definition) is 2. The predicted octanol–water partition coefficient (Wildman–Crippen LogP) is 3.53. The maximum atomic E-state index is 12.3. The number of nitrogens with zero attached hydrogens (tertiary/aromatic N) is 1. The first-order valence-corrected chi connectivity index (χ1v) is 8.28. The molecule has 112 valence electrons. The van der Waals surface area contributed by atoms with Crippen molar-refractivity contribution in [3.8, 4) is 11.3 Å². The van der Waals surface area contributed by atoms with E-state index >= 15 is 0 Å². The van der Waals surface area contributed by atoms with Gasteiger partial charge in [0.05, 0.1) is 23.2 Å². The maximum Gasteiger partial charge on any atom is 0.263 e. The second-order valence-electron chi connectivity index (χ2n) is 4.58. The first-order valence-electron chi connectivity index (χ1n) is 6.42. The summed E-state index contributed by atoms with van der Waals surface area (Å²) in [5.74, 6) is 0. The Morgan fingerprint density at radius 3 is 2.41 bits per heavy atom. The van der Waals surface area contributed by atoms with Crippen LogP contribution in [0.5, 0.6) is 0 Å². The number of imidazole rings is 1. The molecule has 3 aromatic rings. The summed E-state index contributed by atoms with van der Waals surface area (Å²) < 4.78 is 27.2. The van der Waals surface area contributed by atoms with Crippen LogP contribution >= 0.6 is 11.6 Å². The van der Waals surface area contributed by atoms with Crippen molar-refractivity contribution in [2.45, 2.75) is 4.90 Å². The third-order valence-corrected chi connectivity index (χ3v) is 4.95. The number of anilines is 1. The molecular formula is C15H12ClN3O2S. The standard InChI is InChI=1S/C15H12ClN3O2S/c16-13-3-1-2-4-15(13)22(20,21)19-12-7-5-11(6-8-12)14-9-17-10-18-14/h1-10,19H,(H,17,18). The van der Waals surface area contributed by atoms with Crippen LogP contribution in [0.15, 0.2) is 66.0 Å². The van der Waals surface area contributed by atoms with Gasteiger partial charge in [0, 0.05) is 5.69 Å². The van der Waals surface area contributed by atoms with E-state index in [1.54, 1.807) is 48.9 Å². The van der Waals surface area contributed by atoms with E-state index in [4.69, 9.17) is 11.6 Å². The summed E-state index contributed by atoms with van der Waals surface area (Å²) in [6.07, 6.45) is 3.28. The van der Waals surface area contributed by atoms with Gasteiger partial charge in [0.1, 0.15) is 4.90 Å². The quantitative estimate of drug-likeness (QED) is 0.767. The van der Waals surface area contributed by atoms with Gasteiger partial charge >= 0.3 is 0 Å². The molecule has 2 N–H and O–H groups in total. The Kier molecular flexibility index (Phi) is 3.87. The van der Waals surface area contributed by atoms with Crippen LogP contribution in [0.25, 0.3) is 11.3 Å². The van der Waals surface area contributed by atoms with Gasteiger partial charge in [0.15, 0.2) is 0 Å². The summed E-state index contributed by atoms with van der Waals surface area (Å²) in [4.78, 5) is 6.99. The molecule has 22 heavy (non-hydrogen) atoms. The molecule has 0 amide bonds. The zero-order valence-electron chi connectivity index (χ0n) is 11.3. The lowest BCUT2D eigenvalue weighted by Gasteiger charge is -2.09. The van der Waals surface area contributed by atoms with Gasteiger partial charge in [-0.15, -0.1) is 0 Å². The number of hydrogen-bond acceptors (Lipinski definition) is 3. The summed E-state index contributed by atoms with van der Waals surface area (Å²) in [6, 6.07) is 13.3. The first kappa shape index (κ1) is 14.6. The number of H-pyrrole nitrogens is 1. The minimum Gasteiger partial charge on any atom is -0.345 e. The molecule has 0 aliphatic rings. The summed E-state index contributed by atoms with van der Waals surface area (Å²) >= 11 is 5.94. The van der Waals surface area contributed by atoms with Crippen LogP contribution in [0, 0.1) is 0 Å². The van der Waals surface area contributed by atoms with Gasteiger partial charge in [-0.05, 0) is 29.8 Å². The molecule has 1 heterocycles. The van der Waals surface area contributed by atoms with Crippen molar-refractivity contribution in [3.05, 3.63) is 66.1 Å². The Hall–Kier alpha value is -2.31. The number of nitrogens with one attached hydrogen (secondary N) is 2. The molecule has 1 aromatic heterocycles. The zero-order chi connectivity index (χ0) is 15.6. The van der Waals surface area contributed by atoms with Crippen molar-refractivity contribution >= 4 is 27.3 Å².